The predicted octanol–water partition coefficient (Wildman–Crippen LogP) is 9.04. The van der Waals surface area contributed by atoms with Gasteiger partial charge in [0.2, 0.25) is 0 Å². The molecule has 3 N–H and O–H groups in total. The van der Waals surface area contributed by atoms with Crippen molar-refractivity contribution >= 4 is 28.1 Å². The number of phenolic OH excluding ortho intramolecular Hbond substituents is 3. The van der Waals surface area contributed by atoms with Crippen LogP contribution in [0.1, 0.15) is 21.7 Å². The first-order valence-electron chi connectivity index (χ1n) is 14.4. The van der Waals surface area contributed by atoms with E-state index < -0.39 is 0 Å². The molecule has 0 spiro atoms. The maximum atomic E-state index is 11.3. The summed E-state index contributed by atoms with van der Waals surface area (Å²) in [5.41, 5.74) is 6.73. The molecule has 5 aromatic carbocycles. The first-order chi connectivity index (χ1) is 21.9. The molecule has 0 aliphatic rings. The number of aromatic nitrogens is 2. The van der Waals surface area contributed by atoms with Crippen molar-refractivity contribution in [2.75, 3.05) is 0 Å². The first-order valence-corrected chi connectivity index (χ1v) is 14.4. The smallest absolute Gasteiger partial charge is 0.150 e. The van der Waals surface area contributed by atoms with Crippen LogP contribution in [0.15, 0.2) is 133 Å². The quantitative estimate of drug-likeness (QED) is 0.177. The lowest BCUT2D eigenvalue weighted by atomic mass is 9.93. The average Bonchev–Trinajstić information content (AvgIpc) is 3.07. The zero-order valence-corrected chi connectivity index (χ0v) is 24.9. The summed E-state index contributed by atoms with van der Waals surface area (Å²) >= 11 is 0. The van der Waals surface area contributed by atoms with Crippen LogP contribution in [0.2, 0.25) is 0 Å². The summed E-state index contributed by atoms with van der Waals surface area (Å²) in [6, 6.07) is 41.2. The normalized spacial score (nSPS) is 10.4. The Bertz CT molecular complexity index is 1990. The molecule has 0 atom stereocenters. The maximum Gasteiger partial charge on any atom is 0.150 e. The Labute approximate surface area is 261 Å². The van der Waals surface area contributed by atoms with Crippen LogP contribution >= 0.6 is 0 Å². The van der Waals surface area contributed by atoms with Crippen molar-refractivity contribution in [3.8, 4) is 39.5 Å². The van der Waals surface area contributed by atoms with Gasteiger partial charge < -0.3 is 15.3 Å². The number of rotatable bonds is 3. The van der Waals surface area contributed by atoms with Crippen LogP contribution in [0.4, 0.5) is 0 Å². The van der Waals surface area contributed by atoms with E-state index in [9.17, 15) is 20.1 Å². The fourth-order valence-electron chi connectivity index (χ4n) is 4.92. The Kier molecular flexibility index (Phi) is 9.46. The van der Waals surface area contributed by atoms with E-state index >= 15 is 0 Å². The zero-order valence-electron chi connectivity index (χ0n) is 24.9. The summed E-state index contributed by atoms with van der Waals surface area (Å²) in [4.78, 5) is 19.7. The number of aldehydes is 1. The van der Waals surface area contributed by atoms with Crippen LogP contribution < -0.4 is 0 Å². The molecule has 2 heterocycles. The lowest BCUT2D eigenvalue weighted by Crippen LogP contribution is -1.91. The monoisotopic (exact) mass is 592 g/mol. The third-order valence-corrected chi connectivity index (χ3v) is 7.16. The Morgan fingerprint density at radius 1 is 0.511 bits per heavy atom. The van der Waals surface area contributed by atoms with Crippen LogP contribution in [0.25, 0.3) is 44.1 Å². The van der Waals surface area contributed by atoms with Gasteiger partial charge in [-0.3, -0.25) is 4.79 Å². The van der Waals surface area contributed by atoms with Crippen molar-refractivity contribution in [3.63, 3.8) is 0 Å². The number of phenols is 3. The molecular formula is C39H32N2O4. The highest BCUT2D eigenvalue weighted by atomic mass is 16.3. The van der Waals surface area contributed by atoms with Gasteiger partial charge in [0, 0.05) is 38.9 Å². The summed E-state index contributed by atoms with van der Waals surface area (Å²) in [5, 5.41) is 31.5. The average molecular weight is 593 g/mol. The molecule has 0 fully saturated rings. The Morgan fingerprint density at radius 3 is 1.49 bits per heavy atom. The number of fused-ring (bicyclic) bond motifs is 2. The number of aromatic hydroxyl groups is 3. The first kappa shape index (κ1) is 30.4. The number of aryl methyl sites for hydroxylation is 2. The molecule has 7 aromatic rings. The molecule has 0 saturated heterocycles. The second kappa shape index (κ2) is 14.0. The van der Waals surface area contributed by atoms with Crippen molar-refractivity contribution in [1.82, 2.24) is 9.97 Å². The van der Waals surface area contributed by atoms with Crippen molar-refractivity contribution in [1.29, 1.82) is 0 Å². The number of nitrogens with zero attached hydrogens (tertiary/aromatic N) is 2. The second-order valence-electron chi connectivity index (χ2n) is 10.4. The molecule has 222 valence electrons. The van der Waals surface area contributed by atoms with Crippen LogP contribution in [0.5, 0.6) is 17.2 Å². The number of pyridine rings is 2. The van der Waals surface area contributed by atoms with Crippen LogP contribution in [-0.4, -0.2) is 31.6 Å². The number of carbonyl (C=O) groups is 1. The van der Waals surface area contributed by atoms with Gasteiger partial charge in [-0.15, -0.1) is 0 Å². The van der Waals surface area contributed by atoms with Gasteiger partial charge in [0.05, 0.1) is 0 Å². The highest BCUT2D eigenvalue weighted by molar-refractivity contribution is 5.94. The van der Waals surface area contributed by atoms with E-state index in [0.29, 0.717) is 22.2 Å². The number of carbonyl (C=O) groups excluding carboxylic acids is 1. The minimum atomic E-state index is 0.136. The van der Waals surface area contributed by atoms with Crippen molar-refractivity contribution < 1.29 is 20.1 Å². The molecule has 0 saturated carbocycles. The molecule has 0 bridgehead atoms. The summed E-state index contributed by atoms with van der Waals surface area (Å²) in [6.07, 6.45) is 0.775. The molecule has 0 amide bonds. The van der Waals surface area contributed by atoms with E-state index in [2.05, 4.69) is 9.97 Å². The molecule has 6 nitrogen and oxygen atoms in total. The molecule has 0 aliphatic carbocycles. The van der Waals surface area contributed by atoms with Gasteiger partial charge in [0.25, 0.3) is 0 Å². The van der Waals surface area contributed by atoms with E-state index in [4.69, 9.17) is 0 Å². The molecule has 2 aromatic heterocycles. The third kappa shape index (κ3) is 7.14. The highest BCUT2D eigenvalue weighted by Gasteiger charge is 2.15. The van der Waals surface area contributed by atoms with Crippen molar-refractivity contribution in [2.45, 2.75) is 13.8 Å². The molecule has 6 heteroatoms. The molecule has 0 radical (unpaired) electrons. The summed E-state index contributed by atoms with van der Waals surface area (Å²) in [7, 11) is 0. The zero-order chi connectivity index (χ0) is 31.8. The fraction of sp³-hybridized carbons (Fsp3) is 0.0513. The van der Waals surface area contributed by atoms with Crippen LogP contribution in [0, 0.1) is 13.8 Å². The third-order valence-electron chi connectivity index (χ3n) is 7.16. The van der Waals surface area contributed by atoms with E-state index in [1.807, 2.05) is 123 Å². The number of para-hydroxylation sites is 2. The molecule has 7 rings (SSSR count). The minimum Gasteiger partial charge on any atom is -0.507 e. The molecule has 45 heavy (non-hydrogen) atoms. The molecule has 0 unspecified atom stereocenters. The van der Waals surface area contributed by atoms with Crippen molar-refractivity contribution in [2.24, 2.45) is 0 Å². The number of hydrogen-bond acceptors (Lipinski definition) is 6. The van der Waals surface area contributed by atoms with E-state index in [-0.39, 0.29) is 17.2 Å². The lowest BCUT2D eigenvalue weighted by molar-refractivity contribution is 0.112. The fourth-order valence-corrected chi connectivity index (χ4v) is 4.92. The van der Waals surface area contributed by atoms with Gasteiger partial charge in [0.1, 0.15) is 28.3 Å². The molecule has 0 aliphatic heterocycles. The summed E-state index contributed by atoms with van der Waals surface area (Å²) < 4.78 is 0. The Morgan fingerprint density at radius 2 is 1.00 bits per heavy atom. The van der Waals surface area contributed by atoms with Gasteiger partial charge in [-0.25, -0.2) is 9.97 Å². The topological polar surface area (TPSA) is 104 Å². The molecular weight excluding hydrogens is 560 g/mol. The Hall–Kier alpha value is -6.01. The standard InChI is InChI=1S/C19H14O2.2C10H9NO/c20-13-16-11-12-17(14-7-3-1-4-8-14)19(21)18(16)15-9-5-2-6-10-15;2*1-7-5-6-8-3-2-4-9(12)10(8)11-7/h1-13,21H;2*2-6,12H,1H3. The summed E-state index contributed by atoms with van der Waals surface area (Å²) in [5.74, 6) is 0.629. The van der Waals surface area contributed by atoms with E-state index in [1.165, 1.54) is 0 Å². The van der Waals surface area contributed by atoms with Crippen molar-refractivity contribution in [3.05, 3.63) is 150 Å². The Balaban J connectivity index is 0.000000143. The number of benzene rings is 5. The van der Waals surface area contributed by atoms with Crippen LogP contribution in [0.3, 0.4) is 0 Å². The van der Waals surface area contributed by atoms with E-state index in [0.717, 1.165) is 45.1 Å². The summed E-state index contributed by atoms with van der Waals surface area (Å²) in [6.45, 7) is 3.82. The van der Waals surface area contributed by atoms with Gasteiger partial charge in [-0.05, 0) is 55.3 Å². The minimum absolute atomic E-state index is 0.136. The van der Waals surface area contributed by atoms with Gasteiger partial charge in [0.15, 0.2) is 6.29 Å². The SMILES string of the molecule is Cc1ccc2cccc(O)c2n1.Cc1ccc2cccc(O)c2n1.O=Cc1ccc(-c2ccccc2)c(O)c1-c1ccccc1. The van der Waals surface area contributed by atoms with Crippen LogP contribution in [-0.2, 0) is 0 Å². The van der Waals surface area contributed by atoms with E-state index in [1.54, 1.807) is 24.3 Å². The van der Waals surface area contributed by atoms with Gasteiger partial charge in [-0.1, -0.05) is 103 Å². The predicted molar refractivity (Wildman–Crippen MR) is 181 cm³/mol. The largest absolute Gasteiger partial charge is 0.507 e. The second-order valence-corrected chi connectivity index (χ2v) is 10.4. The van der Waals surface area contributed by atoms with Gasteiger partial charge in [-0.2, -0.15) is 0 Å². The maximum absolute atomic E-state index is 11.3. The number of hydrogen-bond donors (Lipinski definition) is 3. The lowest BCUT2D eigenvalue weighted by Gasteiger charge is -2.12. The highest BCUT2D eigenvalue weighted by Crippen LogP contribution is 2.39. The van der Waals surface area contributed by atoms with Gasteiger partial charge >= 0.3 is 0 Å².